The van der Waals surface area contributed by atoms with E-state index in [1.807, 2.05) is 4.90 Å². The topological polar surface area (TPSA) is 77.9 Å². The third-order valence-electron chi connectivity index (χ3n) is 5.81. The monoisotopic (exact) mass is 354 g/mol. The first-order valence-corrected chi connectivity index (χ1v) is 10.0. The van der Waals surface area contributed by atoms with E-state index in [1.165, 1.54) is 18.2 Å². The highest BCUT2D eigenvalue weighted by molar-refractivity contribution is 8.00. The number of carbonyl (C=O) groups excluding carboxylic acids is 2. The fraction of sp³-hybridized carbons (Fsp3) is 0.824. The molecule has 0 unspecified atom stereocenters. The summed E-state index contributed by atoms with van der Waals surface area (Å²) in [4.78, 5) is 39.7. The van der Waals surface area contributed by atoms with Crippen molar-refractivity contribution in [3.63, 3.8) is 0 Å². The van der Waals surface area contributed by atoms with Crippen LogP contribution in [0.4, 0.5) is 0 Å². The number of carbonyl (C=O) groups is 3. The summed E-state index contributed by atoms with van der Waals surface area (Å²) in [5, 5.41) is 9.57. The summed E-state index contributed by atoms with van der Waals surface area (Å²) in [5.74, 6) is 0.0381. The number of carboxylic acids is 1. The number of hydrogen-bond acceptors (Lipinski definition) is 4. The molecule has 2 heterocycles. The quantitative estimate of drug-likeness (QED) is 0.808. The van der Waals surface area contributed by atoms with Gasteiger partial charge in [0.05, 0.1) is 16.9 Å². The van der Waals surface area contributed by atoms with Gasteiger partial charge in [0.1, 0.15) is 0 Å². The van der Waals surface area contributed by atoms with Crippen LogP contribution in [0.2, 0.25) is 0 Å². The van der Waals surface area contributed by atoms with Crippen LogP contribution in [0.5, 0.6) is 0 Å². The number of rotatable bonds is 5. The average molecular weight is 354 g/mol. The zero-order valence-corrected chi connectivity index (χ0v) is 14.9. The number of likely N-dealkylation sites (tertiary alicyclic amines) is 2. The third-order valence-corrected chi connectivity index (χ3v) is 6.71. The molecule has 2 amide bonds. The molecule has 2 atom stereocenters. The Hall–Kier alpha value is -1.24. The van der Waals surface area contributed by atoms with Crippen molar-refractivity contribution >= 4 is 29.5 Å². The van der Waals surface area contributed by atoms with Crippen LogP contribution in [-0.4, -0.2) is 70.4 Å². The molecule has 24 heavy (non-hydrogen) atoms. The van der Waals surface area contributed by atoms with Crippen LogP contribution < -0.4 is 0 Å². The Kier molecular flexibility index (Phi) is 5.37. The van der Waals surface area contributed by atoms with Crippen LogP contribution in [0.1, 0.15) is 38.5 Å². The van der Waals surface area contributed by atoms with Gasteiger partial charge in [-0.3, -0.25) is 14.4 Å². The van der Waals surface area contributed by atoms with Gasteiger partial charge in [-0.25, -0.2) is 0 Å². The number of nitrogens with zero attached hydrogens (tertiary/aromatic N) is 2. The SMILES string of the molecule is O=C(CSCC(=O)N1C[C@@H]2CCC[C@@]2(C(=O)O)C1)N1CCCCC1. The number of aliphatic carboxylic acids is 1. The summed E-state index contributed by atoms with van der Waals surface area (Å²) >= 11 is 1.36. The first kappa shape index (κ1) is 17.6. The highest BCUT2D eigenvalue weighted by atomic mass is 32.2. The van der Waals surface area contributed by atoms with Crippen LogP contribution in [0, 0.1) is 11.3 Å². The van der Waals surface area contributed by atoms with Crippen molar-refractivity contribution in [1.82, 2.24) is 9.80 Å². The van der Waals surface area contributed by atoms with Crippen LogP contribution in [0.3, 0.4) is 0 Å². The summed E-state index contributed by atoms with van der Waals surface area (Å²) in [7, 11) is 0. The maximum Gasteiger partial charge on any atom is 0.311 e. The van der Waals surface area contributed by atoms with E-state index in [9.17, 15) is 19.5 Å². The standard InChI is InChI=1S/C17H26N2O4S/c20-14(18-7-2-1-3-8-18)10-24-11-15(21)19-9-13-5-4-6-17(13,12-19)16(22)23/h13H,1-12H2,(H,22,23)/t13-,17+/m0/s1. The molecule has 0 aromatic heterocycles. The van der Waals surface area contributed by atoms with Crippen LogP contribution >= 0.6 is 11.8 Å². The van der Waals surface area contributed by atoms with Crippen molar-refractivity contribution in [2.24, 2.45) is 11.3 Å². The fourth-order valence-electron chi connectivity index (χ4n) is 4.38. The molecule has 3 fully saturated rings. The highest BCUT2D eigenvalue weighted by Crippen LogP contribution is 2.48. The van der Waals surface area contributed by atoms with Crippen LogP contribution in [-0.2, 0) is 14.4 Å². The summed E-state index contributed by atoms with van der Waals surface area (Å²) in [6, 6.07) is 0. The van der Waals surface area contributed by atoms with Gasteiger partial charge in [0, 0.05) is 26.2 Å². The van der Waals surface area contributed by atoms with E-state index in [0.717, 1.165) is 38.8 Å². The molecule has 1 saturated carbocycles. The second-order valence-corrected chi connectivity index (χ2v) is 8.24. The summed E-state index contributed by atoms with van der Waals surface area (Å²) in [6.45, 7) is 2.57. The zero-order chi connectivity index (χ0) is 17.2. The van der Waals surface area contributed by atoms with Crippen molar-refractivity contribution in [2.75, 3.05) is 37.7 Å². The zero-order valence-electron chi connectivity index (χ0n) is 14.0. The van der Waals surface area contributed by atoms with E-state index in [0.29, 0.717) is 25.3 Å². The molecule has 6 nitrogen and oxygen atoms in total. The fourth-order valence-corrected chi connectivity index (χ4v) is 5.20. The Bertz CT molecular complexity index is 521. The van der Waals surface area contributed by atoms with E-state index in [-0.39, 0.29) is 23.5 Å². The second-order valence-electron chi connectivity index (χ2n) is 7.26. The largest absolute Gasteiger partial charge is 0.481 e. The normalized spacial score (nSPS) is 29.6. The van der Waals surface area contributed by atoms with Crippen LogP contribution in [0.25, 0.3) is 0 Å². The minimum absolute atomic E-state index is 0.0264. The van der Waals surface area contributed by atoms with Crippen molar-refractivity contribution in [3.05, 3.63) is 0 Å². The Morgan fingerprint density at radius 3 is 2.29 bits per heavy atom. The first-order chi connectivity index (χ1) is 11.5. The second kappa shape index (κ2) is 7.33. The minimum Gasteiger partial charge on any atom is -0.481 e. The van der Waals surface area contributed by atoms with E-state index in [2.05, 4.69) is 0 Å². The van der Waals surface area contributed by atoms with Crippen molar-refractivity contribution < 1.29 is 19.5 Å². The first-order valence-electron chi connectivity index (χ1n) is 8.89. The van der Waals surface area contributed by atoms with Crippen molar-refractivity contribution in [1.29, 1.82) is 0 Å². The number of thioether (sulfide) groups is 1. The van der Waals surface area contributed by atoms with Gasteiger partial charge < -0.3 is 14.9 Å². The minimum atomic E-state index is -0.756. The van der Waals surface area contributed by atoms with Gasteiger partial charge in [-0.15, -0.1) is 11.8 Å². The molecular formula is C17H26N2O4S. The molecule has 1 aliphatic carbocycles. The lowest BCUT2D eigenvalue weighted by Gasteiger charge is -2.26. The maximum absolute atomic E-state index is 12.4. The Labute approximate surface area is 146 Å². The van der Waals surface area contributed by atoms with E-state index >= 15 is 0 Å². The van der Waals surface area contributed by atoms with Gasteiger partial charge in [-0.1, -0.05) is 6.42 Å². The number of piperidine rings is 1. The Morgan fingerprint density at radius 1 is 1.00 bits per heavy atom. The molecule has 0 aromatic carbocycles. The molecule has 2 aliphatic heterocycles. The van der Waals surface area contributed by atoms with Gasteiger partial charge >= 0.3 is 5.97 Å². The lowest BCUT2D eigenvalue weighted by atomic mass is 9.81. The van der Waals surface area contributed by atoms with E-state index in [1.54, 1.807) is 4.90 Å². The van der Waals surface area contributed by atoms with E-state index in [4.69, 9.17) is 0 Å². The molecule has 0 spiro atoms. The van der Waals surface area contributed by atoms with Gasteiger partial charge in [0.2, 0.25) is 11.8 Å². The van der Waals surface area contributed by atoms with Crippen LogP contribution in [0.15, 0.2) is 0 Å². The van der Waals surface area contributed by atoms with Gasteiger partial charge in [-0.05, 0) is 38.0 Å². The van der Waals surface area contributed by atoms with Gasteiger partial charge in [-0.2, -0.15) is 0 Å². The predicted octanol–water partition coefficient (Wildman–Crippen LogP) is 1.45. The van der Waals surface area contributed by atoms with Crippen molar-refractivity contribution in [2.45, 2.75) is 38.5 Å². The predicted molar refractivity (Wildman–Crippen MR) is 91.7 cm³/mol. The number of amides is 2. The molecule has 1 N–H and O–H groups in total. The van der Waals surface area contributed by atoms with Gasteiger partial charge in [0.15, 0.2) is 0 Å². The molecule has 3 aliphatic rings. The average Bonchev–Trinajstić information content (AvgIpc) is 3.13. The number of carboxylic acid groups (broad SMARTS) is 1. The molecular weight excluding hydrogens is 328 g/mol. The third kappa shape index (κ3) is 3.41. The number of fused-ring (bicyclic) bond motifs is 1. The lowest BCUT2D eigenvalue weighted by Crippen LogP contribution is -2.38. The van der Waals surface area contributed by atoms with Gasteiger partial charge in [0.25, 0.3) is 0 Å². The lowest BCUT2D eigenvalue weighted by molar-refractivity contribution is -0.149. The molecule has 7 heteroatoms. The molecule has 0 radical (unpaired) electrons. The van der Waals surface area contributed by atoms with E-state index < -0.39 is 11.4 Å². The molecule has 134 valence electrons. The summed E-state index contributed by atoms with van der Waals surface area (Å²) in [6.07, 6.45) is 5.85. The Balaban J connectivity index is 1.44. The molecule has 0 aromatic rings. The summed E-state index contributed by atoms with van der Waals surface area (Å²) in [5.41, 5.74) is -0.718. The Morgan fingerprint density at radius 2 is 1.67 bits per heavy atom. The number of hydrogen-bond donors (Lipinski definition) is 1. The smallest absolute Gasteiger partial charge is 0.311 e. The molecule has 0 bridgehead atoms. The highest BCUT2D eigenvalue weighted by Gasteiger charge is 2.55. The maximum atomic E-state index is 12.4. The summed E-state index contributed by atoms with van der Waals surface area (Å²) < 4.78 is 0. The van der Waals surface area contributed by atoms with Crippen molar-refractivity contribution in [3.8, 4) is 0 Å². The molecule has 2 saturated heterocycles. The molecule has 3 rings (SSSR count).